The predicted molar refractivity (Wildman–Crippen MR) is 84.0 cm³/mol. The summed E-state index contributed by atoms with van der Waals surface area (Å²) < 4.78 is 31.4. The molecular formula is C14H21ClN2O3S. The first-order valence-corrected chi connectivity index (χ1v) is 9.09. The van der Waals surface area contributed by atoms with Crippen LogP contribution in [0.4, 0.5) is 0 Å². The molecule has 1 atom stereocenters. The summed E-state index contributed by atoms with van der Waals surface area (Å²) >= 11 is 6.06. The molecule has 1 heterocycles. The number of benzene rings is 1. The van der Waals surface area contributed by atoms with Gasteiger partial charge < -0.3 is 4.74 Å². The topological polar surface area (TPSA) is 58.6 Å². The number of hydrogen-bond donors (Lipinski definition) is 1. The molecule has 1 aliphatic heterocycles. The van der Waals surface area contributed by atoms with E-state index in [1.54, 1.807) is 6.92 Å². The van der Waals surface area contributed by atoms with Crippen LogP contribution in [0.5, 0.6) is 0 Å². The van der Waals surface area contributed by atoms with Gasteiger partial charge in [-0.15, -0.1) is 0 Å². The summed E-state index contributed by atoms with van der Waals surface area (Å²) in [5.41, 5.74) is 1.02. The summed E-state index contributed by atoms with van der Waals surface area (Å²) in [6, 6.07) is 7.54. The van der Waals surface area contributed by atoms with E-state index in [1.165, 1.54) is 0 Å². The Bertz CT molecular complexity index is 559. The van der Waals surface area contributed by atoms with Crippen LogP contribution < -0.4 is 4.72 Å². The van der Waals surface area contributed by atoms with E-state index in [9.17, 15) is 8.42 Å². The molecule has 21 heavy (non-hydrogen) atoms. The molecule has 0 bridgehead atoms. The molecular weight excluding hydrogens is 312 g/mol. The Morgan fingerprint density at radius 2 is 2.10 bits per heavy atom. The average molecular weight is 333 g/mol. The highest BCUT2D eigenvalue weighted by molar-refractivity contribution is 7.89. The Morgan fingerprint density at radius 1 is 1.38 bits per heavy atom. The lowest BCUT2D eigenvalue weighted by atomic mass is 10.1. The average Bonchev–Trinajstić information content (AvgIpc) is 2.48. The molecule has 0 saturated carbocycles. The standard InChI is InChI=1S/C14H21ClN2O3S/c1-2-21(18,19)16-11-14(17-6-8-20-9-7-17)12-4-3-5-13(15)10-12/h3-5,10,14,16H,2,6-9,11H2,1H3/t14-/m1/s1. The lowest BCUT2D eigenvalue weighted by Crippen LogP contribution is -2.44. The van der Waals surface area contributed by atoms with Gasteiger partial charge in [-0.3, -0.25) is 4.90 Å². The number of rotatable bonds is 6. The van der Waals surface area contributed by atoms with Gasteiger partial charge in [0.1, 0.15) is 0 Å². The van der Waals surface area contributed by atoms with Crippen molar-refractivity contribution in [2.24, 2.45) is 0 Å². The van der Waals surface area contributed by atoms with Crippen molar-refractivity contribution in [3.05, 3.63) is 34.9 Å². The molecule has 7 heteroatoms. The first-order chi connectivity index (χ1) is 10.0. The number of hydrogen-bond acceptors (Lipinski definition) is 4. The molecule has 1 aliphatic rings. The quantitative estimate of drug-likeness (QED) is 0.860. The van der Waals surface area contributed by atoms with Crippen molar-refractivity contribution in [1.29, 1.82) is 0 Å². The second-order valence-electron chi connectivity index (χ2n) is 4.97. The summed E-state index contributed by atoms with van der Waals surface area (Å²) in [6.45, 7) is 4.87. The Hall–Kier alpha value is -0.660. The predicted octanol–water partition coefficient (Wildman–Crippen LogP) is 1.65. The summed E-state index contributed by atoms with van der Waals surface area (Å²) in [6.07, 6.45) is 0. The van der Waals surface area contributed by atoms with Crippen molar-refractivity contribution in [3.8, 4) is 0 Å². The molecule has 1 N–H and O–H groups in total. The third-order valence-electron chi connectivity index (χ3n) is 3.60. The SMILES string of the molecule is CCS(=O)(=O)NC[C@H](c1cccc(Cl)c1)N1CCOCC1. The van der Waals surface area contributed by atoms with E-state index >= 15 is 0 Å². The Morgan fingerprint density at radius 3 is 2.71 bits per heavy atom. The molecule has 0 spiro atoms. The molecule has 1 aromatic rings. The molecule has 0 aromatic heterocycles. The monoisotopic (exact) mass is 332 g/mol. The van der Waals surface area contributed by atoms with Crippen LogP contribution >= 0.6 is 11.6 Å². The van der Waals surface area contributed by atoms with Gasteiger partial charge in [-0.2, -0.15) is 0 Å². The molecule has 1 fully saturated rings. The van der Waals surface area contributed by atoms with Crippen LogP contribution in [0.1, 0.15) is 18.5 Å². The fraction of sp³-hybridized carbons (Fsp3) is 0.571. The first-order valence-electron chi connectivity index (χ1n) is 7.06. The Kier molecular flexibility index (Phi) is 6.01. The normalized spacial score (nSPS) is 18.6. The molecule has 5 nitrogen and oxygen atoms in total. The maximum atomic E-state index is 11.7. The van der Waals surface area contributed by atoms with Crippen LogP contribution in [0.2, 0.25) is 5.02 Å². The molecule has 0 aliphatic carbocycles. The van der Waals surface area contributed by atoms with E-state index in [2.05, 4.69) is 9.62 Å². The minimum atomic E-state index is -3.21. The summed E-state index contributed by atoms with van der Waals surface area (Å²) in [5, 5.41) is 0.657. The van der Waals surface area contributed by atoms with Crippen LogP contribution in [0.15, 0.2) is 24.3 Å². The zero-order valence-electron chi connectivity index (χ0n) is 12.1. The van der Waals surface area contributed by atoms with E-state index < -0.39 is 10.0 Å². The zero-order valence-corrected chi connectivity index (χ0v) is 13.7. The minimum absolute atomic E-state index is 0.0334. The van der Waals surface area contributed by atoms with Crippen molar-refractivity contribution >= 4 is 21.6 Å². The third-order valence-corrected chi connectivity index (χ3v) is 5.20. The van der Waals surface area contributed by atoms with Gasteiger partial charge in [-0.1, -0.05) is 23.7 Å². The molecule has 2 rings (SSSR count). The van der Waals surface area contributed by atoms with Crippen molar-refractivity contribution in [3.63, 3.8) is 0 Å². The lowest BCUT2D eigenvalue weighted by molar-refractivity contribution is 0.0172. The molecule has 1 saturated heterocycles. The minimum Gasteiger partial charge on any atom is -0.379 e. The summed E-state index contributed by atoms with van der Waals surface area (Å²) in [4.78, 5) is 2.23. The highest BCUT2D eigenvalue weighted by atomic mass is 35.5. The highest BCUT2D eigenvalue weighted by Crippen LogP contribution is 2.24. The second-order valence-corrected chi connectivity index (χ2v) is 7.50. The molecule has 0 radical (unpaired) electrons. The molecule has 0 amide bonds. The van der Waals surface area contributed by atoms with Crippen molar-refractivity contribution in [2.75, 3.05) is 38.6 Å². The highest BCUT2D eigenvalue weighted by Gasteiger charge is 2.24. The number of ether oxygens (including phenoxy) is 1. The fourth-order valence-corrected chi connectivity index (χ4v) is 3.18. The summed E-state index contributed by atoms with van der Waals surface area (Å²) in [5.74, 6) is 0.0817. The maximum Gasteiger partial charge on any atom is 0.211 e. The lowest BCUT2D eigenvalue weighted by Gasteiger charge is -2.35. The van der Waals surface area contributed by atoms with Crippen LogP contribution in [-0.2, 0) is 14.8 Å². The number of nitrogens with zero attached hydrogens (tertiary/aromatic N) is 1. The molecule has 0 unspecified atom stereocenters. The maximum absolute atomic E-state index is 11.7. The molecule has 1 aromatic carbocycles. The van der Waals surface area contributed by atoms with Gasteiger partial charge >= 0.3 is 0 Å². The molecule has 118 valence electrons. The van der Waals surface area contributed by atoms with E-state index in [0.29, 0.717) is 24.8 Å². The first kappa shape index (κ1) is 16.7. The van der Waals surface area contributed by atoms with Crippen molar-refractivity contribution in [1.82, 2.24) is 9.62 Å². The van der Waals surface area contributed by atoms with Crippen molar-refractivity contribution < 1.29 is 13.2 Å². The summed E-state index contributed by atoms with van der Waals surface area (Å²) in [7, 11) is -3.21. The number of halogens is 1. The fourth-order valence-electron chi connectivity index (χ4n) is 2.37. The van der Waals surface area contributed by atoms with Crippen LogP contribution in [-0.4, -0.2) is 51.9 Å². The van der Waals surface area contributed by atoms with Gasteiger partial charge in [0.25, 0.3) is 0 Å². The van der Waals surface area contributed by atoms with Gasteiger partial charge in [0, 0.05) is 30.7 Å². The number of sulfonamides is 1. The largest absolute Gasteiger partial charge is 0.379 e. The van der Waals surface area contributed by atoms with Gasteiger partial charge in [0.15, 0.2) is 0 Å². The number of morpholine rings is 1. The van der Waals surface area contributed by atoms with E-state index in [-0.39, 0.29) is 11.8 Å². The third kappa shape index (κ3) is 4.93. The van der Waals surface area contributed by atoms with Gasteiger partial charge in [0.2, 0.25) is 10.0 Å². The van der Waals surface area contributed by atoms with E-state index in [4.69, 9.17) is 16.3 Å². The Labute approximate surface area is 131 Å². The van der Waals surface area contributed by atoms with E-state index in [0.717, 1.165) is 18.7 Å². The van der Waals surface area contributed by atoms with Crippen LogP contribution in [0, 0.1) is 0 Å². The second kappa shape index (κ2) is 7.56. The number of nitrogens with one attached hydrogen (secondary N) is 1. The van der Waals surface area contributed by atoms with Crippen LogP contribution in [0.3, 0.4) is 0 Å². The van der Waals surface area contributed by atoms with Crippen molar-refractivity contribution in [2.45, 2.75) is 13.0 Å². The smallest absolute Gasteiger partial charge is 0.211 e. The van der Waals surface area contributed by atoms with Crippen LogP contribution in [0.25, 0.3) is 0 Å². The Balaban J connectivity index is 2.17. The van der Waals surface area contributed by atoms with Gasteiger partial charge in [0.05, 0.1) is 19.0 Å². The van der Waals surface area contributed by atoms with Gasteiger partial charge in [-0.05, 0) is 24.6 Å². The van der Waals surface area contributed by atoms with E-state index in [1.807, 2.05) is 24.3 Å². The van der Waals surface area contributed by atoms with Gasteiger partial charge in [-0.25, -0.2) is 13.1 Å². The zero-order chi connectivity index (χ0) is 15.3.